The number of amides is 1. The normalized spacial score (nSPS) is 10.9. The molecule has 0 unspecified atom stereocenters. The number of hydrogen-bond acceptors (Lipinski definition) is 4. The van der Waals surface area contributed by atoms with Crippen molar-refractivity contribution in [3.05, 3.63) is 68.1 Å². The van der Waals surface area contributed by atoms with Crippen LogP contribution < -0.4 is 10.1 Å². The van der Waals surface area contributed by atoms with E-state index in [1.807, 2.05) is 55.5 Å². The number of rotatable bonds is 7. The molecule has 0 bridgehead atoms. The van der Waals surface area contributed by atoms with Crippen molar-refractivity contribution in [2.24, 2.45) is 5.16 Å². The summed E-state index contributed by atoms with van der Waals surface area (Å²) in [6.07, 6.45) is 1.96. The molecule has 0 saturated carbocycles. The minimum absolute atomic E-state index is 0.207. The lowest BCUT2D eigenvalue weighted by Gasteiger charge is -2.13. The molecule has 5 nitrogen and oxygen atoms in total. The van der Waals surface area contributed by atoms with E-state index in [0.717, 1.165) is 25.8 Å². The van der Waals surface area contributed by atoms with E-state index < -0.39 is 0 Å². The van der Waals surface area contributed by atoms with E-state index in [1.165, 1.54) is 7.11 Å². The molecule has 7 heteroatoms. The molecule has 2 aromatic rings. The third-order valence-electron chi connectivity index (χ3n) is 3.76. The van der Waals surface area contributed by atoms with Gasteiger partial charge in [-0.1, -0.05) is 35.5 Å². The Hall–Kier alpha value is -2.12. The molecule has 0 atom stereocenters. The smallest absolute Gasteiger partial charge is 0.273 e. The Morgan fingerprint density at radius 1 is 1.22 bits per heavy atom. The number of carbonyl (C=O) groups is 1. The summed E-state index contributed by atoms with van der Waals surface area (Å²) in [5.74, 6) is 0.454. The van der Waals surface area contributed by atoms with E-state index in [1.54, 1.807) is 7.05 Å². The van der Waals surface area contributed by atoms with Crippen LogP contribution in [0.25, 0.3) is 6.08 Å². The third kappa shape index (κ3) is 5.94. The molecule has 0 fully saturated rings. The van der Waals surface area contributed by atoms with Crippen molar-refractivity contribution < 1.29 is 14.4 Å². The molecule has 27 heavy (non-hydrogen) atoms. The standard InChI is InChI=1S/C20H20Br2N2O3/c1-13-10-14(11-18(21)22)8-9-17(13)27-12-15-6-4-5-7-16(15)19(24-26-3)20(25)23-2/h4-11H,12H2,1-3H3,(H,23,25). The molecule has 0 spiro atoms. The summed E-state index contributed by atoms with van der Waals surface area (Å²) in [4.78, 5) is 17.0. The number of halogens is 2. The van der Waals surface area contributed by atoms with Gasteiger partial charge in [0.25, 0.3) is 5.91 Å². The van der Waals surface area contributed by atoms with Crippen molar-refractivity contribution in [1.82, 2.24) is 5.32 Å². The maximum absolute atomic E-state index is 12.1. The highest BCUT2D eigenvalue weighted by molar-refractivity contribution is 9.28. The molecule has 2 aromatic carbocycles. The molecule has 0 saturated heterocycles. The van der Waals surface area contributed by atoms with Gasteiger partial charge in [0.1, 0.15) is 19.5 Å². The van der Waals surface area contributed by atoms with Crippen LogP contribution in [0.3, 0.4) is 0 Å². The number of aryl methyl sites for hydroxylation is 1. The van der Waals surface area contributed by atoms with E-state index in [0.29, 0.717) is 12.2 Å². The predicted molar refractivity (Wildman–Crippen MR) is 115 cm³/mol. The number of carbonyl (C=O) groups excluding carboxylic acids is 1. The zero-order valence-electron chi connectivity index (χ0n) is 15.3. The quantitative estimate of drug-likeness (QED) is 0.445. The summed E-state index contributed by atoms with van der Waals surface area (Å²) in [6, 6.07) is 13.4. The minimum Gasteiger partial charge on any atom is -0.489 e. The van der Waals surface area contributed by atoms with Crippen molar-refractivity contribution in [3.63, 3.8) is 0 Å². The summed E-state index contributed by atoms with van der Waals surface area (Å²) in [5.41, 5.74) is 3.78. The number of oxime groups is 1. The van der Waals surface area contributed by atoms with Gasteiger partial charge in [0, 0.05) is 12.6 Å². The van der Waals surface area contributed by atoms with Gasteiger partial charge in [-0.2, -0.15) is 0 Å². The van der Waals surface area contributed by atoms with Crippen LogP contribution in [0.2, 0.25) is 0 Å². The molecule has 0 aromatic heterocycles. The molecular weight excluding hydrogens is 476 g/mol. The van der Waals surface area contributed by atoms with Crippen molar-refractivity contribution >= 4 is 49.6 Å². The molecule has 1 amide bonds. The van der Waals surface area contributed by atoms with Crippen LogP contribution in [0, 0.1) is 6.92 Å². The van der Waals surface area contributed by atoms with Crippen LogP contribution in [0.4, 0.5) is 0 Å². The molecule has 0 aliphatic rings. The SMILES string of the molecule is CNC(=O)C(=NOC)c1ccccc1COc1ccc(C=C(Br)Br)cc1C. The fourth-order valence-corrected chi connectivity index (χ4v) is 3.03. The van der Waals surface area contributed by atoms with Gasteiger partial charge in [0.2, 0.25) is 0 Å². The Morgan fingerprint density at radius 2 is 1.96 bits per heavy atom. The molecule has 1 N–H and O–H groups in total. The first-order valence-corrected chi connectivity index (χ1v) is 9.72. The van der Waals surface area contributed by atoms with Crippen LogP contribution in [-0.2, 0) is 16.2 Å². The van der Waals surface area contributed by atoms with Crippen molar-refractivity contribution in [2.75, 3.05) is 14.2 Å². The number of benzene rings is 2. The lowest BCUT2D eigenvalue weighted by molar-refractivity contribution is -0.114. The van der Waals surface area contributed by atoms with E-state index >= 15 is 0 Å². The highest BCUT2D eigenvalue weighted by Crippen LogP contribution is 2.24. The van der Waals surface area contributed by atoms with Crippen molar-refractivity contribution in [1.29, 1.82) is 0 Å². The van der Waals surface area contributed by atoms with Crippen LogP contribution in [0.15, 0.2) is 51.0 Å². The molecule has 0 radical (unpaired) electrons. The number of ether oxygens (including phenoxy) is 1. The molecule has 0 heterocycles. The van der Waals surface area contributed by atoms with Gasteiger partial charge in [0.05, 0.1) is 3.39 Å². The summed E-state index contributed by atoms with van der Waals surface area (Å²) < 4.78 is 6.86. The molecule has 142 valence electrons. The van der Waals surface area contributed by atoms with E-state index in [2.05, 4.69) is 42.3 Å². The summed E-state index contributed by atoms with van der Waals surface area (Å²) in [7, 11) is 2.96. The van der Waals surface area contributed by atoms with Gasteiger partial charge in [0.15, 0.2) is 5.71 Å². The highest BCUT2D eigenvalue weighted by atomic mass is 79.9. The van der Waals surface area contributed by atoms with Crippen LogP contribution >= 0.6 is 31.9 Å². The number of nitrogens with zero attached hydrogens (tertiary/aromatic N) is 1. The Morgan fingerprint density at radius 3 is 2.59 bits per heavy atom. The number of likely N-dealkylation sites (N-methyl/N-ethyl adjacent to an activating group) is 1. The second-order valence-corrected chi connectivity index (χ2v) is 8.38. The molecule has 2 rings (SSSR count). The van der Waals surface area contributed by atoms with Gasteiger partial charge >= 0.3 is 0 Å². The Labute approximate surface area is 175 Å². The maximum atomic E-state index is 12.1. The van der Waals surface area contributed by atoms with Gasteiger partial charge in [-0.05, 0) is 73.7 Å². The largest absolute Gasteiger partial charge is 0.489 e. The lowest BCUT2D eigenvalue weighted by Crippen LogP contribution is -2.29. The molecular formula is C20H20Br2N2O3. The second-order valence-electron chi connectivity index (χ2n) is 5.61. The third-order valence-corrected chi connectivity index (χ3v) is 4.21. The Kier molecular flexibility index (Phi) is 8.06. The topological polar surface area (TPSA) is 59.9 Å². The summed E-state index contributed by atoms with van der Waals surface area (Å²) in [6.45, 7) is 2.29. The van der Waals surface area contributed by atoms with Crippen LogP contribution in [0.5, 0.6) is 5.75 Å². The maximum Gasteiger partial charge on any atom is 0.273 e. The Bertz CT molecular complexity index is 875. The summed E-state index contributed by atoms with van der Waals surface area (Å²) in [5, 5.41) is 6.45. The van der Waals surface area contributed by atoms with Gasteiger partial charge in [-0.15, -0.1) is 0 Å². The summed E-state index contributed by atoms with van der Waals surface area (Å²) >= 11 is 6.72. The lowest BCUT2D eigenvalue weighted by atomic mass is 10.0. The number of hydrogen-bond donors (Lipinski definition) is 1. The first kappa shape index (κ1) is 21.2. The first-order valence-electron chi connectivity index (χ1n) is 8.14. The minimum atomic E-state index is -0.322. The van der Waals surface area contributed by atoms with Crippen LogP contribution in [0.1, 0.15) is 22.3 Å². The fourth-order valence-electron chi connectivity index (χ4n) is 2.51. The van der Waals surface area contributed by atoms with Crippen molar-refractivity contribution in [3.8, 4) is 5.75 Å². The average Bonchev–Trinajstić information content (AvgIpc) is 2.65. The van der Waals surface area contributed by atoms with E-state index in [-0.39, 0.29) is 11.6 Å². The highest BCUT2D eigenvalue weighted by Gasteiger charge is 2.17. The van der Waals surface area contributed by atoms with Gasteiger partial charge in [-0.3, -0.25) is 4.79 Å². The molecule has 0 aliphatic carbocycles. The fraction of sp³-hybridized carbons (Fsp3) is 0.200. The van der Waals surface area contributed by atoms with Gasteiger partial charge in [-0.25, -0.2) is 0 Å². The predicted octanol–water partition coefficient (Wildman–Crippen LogP) is 4.76. The zero-order valence-corrected chi connectivity index (χ0v) is 18.4. The first-order chi connectivity index (χ1) is 13.0. The van der Waals surface area contributed by atoms with Crippen LogP contribution in [-0.4, -0.2) is 25.8 Å². The average molecular weight is 496 g/mol. The zero-order chi connectivity index (χ0) is 19.8. The van der Waals surface area contributed by atoms with E-state index in [9.17, 15) is 4.79 Å². The second kappa shape index (κ2) is 10.3. The monoisotopic (exact) mass is 494 g/mol. The van der Waals surface area contributed by atoms with Crippen molar-refractivity contribution in [2.45, 2.75) is 13.5 Å². The molecule has 0 aliphatic heterocycles. The Balaban J connectivity index is 2.26. The van der Waals surface area contributed by atoms with Gasteiger partial charge < -0.3 is 14.9 Å². The van der Waals surface area contributed by atoms with E-state index in [4.69, 9.17) is 9.57 Å². The number of nitrogens with one attached hydrogen (secondary N) is 1.